The van der Waals surface area contributed by atoms with Gasteiger partial charge in [-0.05, 0) is 25.1 Å². The number of aromatic nitrogens is 1. The lowest BCUT2D eigenvalue weighted by Gasteiger charge is -2.32. The van der Waals surface area contributed by atoms with Crippen molar-refractivity contribution in [1.82, 2.24) is 4.98 Å². The average molecular weight is 615 g/mol. The summed E-state index contributed by atoms with van der Waals surface area (Å²) in [5, 5.41) is 9.43. The maximum Gasteiger partial charge on any atom is 0.490 e. The second kappa shape index (κ2) is 12.3. The summed E-state index contributed by atoms with van der Waals surface area (Å²) >= 11 is 0. The number of nitrogens with zero attached hydrogens (tertiary/aromatic N) is 1. The van der Waals surface area contributed by atoms with Gasteiger partial charge >= 0.3 is 18.3 Å². The van der Waals surface area contributed by atoms with Gasteiger partial charge in [-0.1, -0.05) is 13.0 Å². The molecule has 4 N–H and O–H groups in total. The molecule has 1 saturated heterocycles. The maximum absolute atomic E-state index is 14.4. The van der Waals surface area contributed by atoms with Crippen LogP contribution in [0, 0.1) is 17.6 Å². The summed E-state index contributed by atoms with van der Waals surface area (Å²) in [7, 11) is 1.01. The minimum absolute atomic E-state index is 0.0949. The fourth-order valence-electron chi connectivity index (χ4n) is 4.01. The number of ketones is 1. The Morgan fingerprint density at radius 1 is 1.10 bits per heavy atom. The number of aliphatic carboxylic acids is 1. The second-order valence-electron chi connectivity index (χ2n) is 8.86. The first-order valence-corrected chi connectivity index (χ1v) is 11.3. The molecule has 1 aliphatic rings. The predicted molar refractivity (Wildman–Crippen MR) is 124 cm³/mol. The number of carbonyl (C=O) groups is 4. The van der Waals surface area contributed by atoms with Crippen molar-refractivity contribution in [3.05, 3.63) is 53.4 Å². The molecule has 1 aromatic heterocycles. The van der Waals surface area contributed by atoms with Crippen molar-refractivity contribution in [2.75, 3.05) is 12.4 Å². The third-order valence-corrected chi connectivity index (χ3v) is 6.30. The zero-order valence-corrected chi connectivity index (χ0v) is 21.6. The van der Waals surface area contributed by atoms with Crippen LogP contribution in [0.3, 0.4) is 0 Å². The Balaban J connectivity index is 0.000000782. The number of Topliss-reactive ketones (excluding diaryl/α,β-unsaturated/α-hetero) is 1. The highest BCUT2D eigenvalue weighted by Gasteiger charge is 2.66. The number of amides is 2. The Morgan fingerprint density at radius 3 is 2.14 bits per heavy atom. The molecule has 0 bridgehead atoms. The molecule has 2 aromatic rings. The largest absolute Gasteiger partial charge is 0.493 e. The first-order valence-electron chi connectivity index (χ1n) is 11.3. The van der Waals surface area contributed by atoms with Crippen molar-refractivity contribution in [3.8, 4) is 5.75 Å². The van der Waals surface area contributed by atoms with Crippen LogP contribution < -0.4 is 15.8 Å². The molecule has 1 aliphatic heterocycles. The van der Waals surface area contributed by atoms with Gasteiger partial charge in [-0.3, -0.25) is 19.4 Å². The Labute approximate surface area is 230 Å². The highest BCUT2D eigenvalue weighted by Crippen LogP contribution is 2.55. The number of halogens is 8. The number of carbonyl (C=O) groups excluding carboxylic acids is 3. The molecule has 0 spiro atoms. The fraction of sp³-hybridized carbons (Fsp3) is 0.375. The summed E-state index contributed by atoms with van der Waals surface area (Å²) in [5.74, 6) is -12.5. The first-order chi connectivity index (χ1) is 19.2. The smallest absolute Gasteiger partial charge is 0.490 e. The summed E-state index contributed by atoms with van der Waals surface area (Å²) in [6.07, 6.45) is -10.8. The molecule has 0 unspecified atom stereocenters. The van der Waals surface area contributed by atoms with Crippen molar-refractivity contribution < 1.29 is 68.9 Å². The lowest BCUT2D eigenvalue weighted by atomic mass is 9.77. The van der Waals surface area contributed by atoms with E-state index >= 15 is 0 Å². The van der Waals surface area contributed by atoms with Gasteiger partial charge in [0, 0.05) is 29.3 Å². The van der Waals surface area contributed by atoms with Crippen LogP contribution in [0.2, 0.25) is 0 Å². The molecular formula is C24H21F8N3O7. The van der Waals surface area contributed by atoms with Crippen molar-refractivity contribution in [3.63, 3.8) is 0 Å². The van der Waals surface area contributed by atoms with E-state index in [9.17, 15) is 49.5 Å². The Bertz CT molecular complexity index is 1380. The third-order valence-electron chi connectivity index (χ3n) is 6.30. The van der Waals surface area contributed by atoms with Gasteiger partial charge < -0.3 is 25.6 Å². The predicted octanol–water partition coefficient (Wildman–Crippen LogP) is 3.75. The molecule has 0 aliphatic carbocycles. The number of ether oxygens (including phenoxy) is 2. The molecule has 1 fully saturated rings. The van der Waals surface area contributed by atoms with E-state index < -0.39 is 82.5 Å². The lowest BCUT2D eigenvalue weighted by Crippen LogP contribution is -2.47. The number of methoxy groups -OCH3 is 1. The number of benzene rings is 1. The summed E-state index contributed by atoms with van der Waals surface area (Å²) < 4.78 is 112. The maximum atomic E-state index is 14.4. The lowest BCUT2D eigenvalue weighted by molar-refractivity contribution is -0.272. The van der Waals surface area contributed by atoms with Crippen LogP contribution in [0.15, 0.2) is 30.5 Å². The van der Waals surface area contributed by atoms with Gasteiger partial charge in [-0.2, -0.15) is 30.7 Å². The average Bonchev–Trinajstić information content (AvgIpc) is 3.16. The SMILES string of the molecule is COc1c([C@H]2[C@H](C(=O)Nc3ccnc(C(=O)C(N)=O)c3)O[C@@](C)(C(F)(F)F)[C@H]2C)ccc(F)c1F.O=C(O)C(F)(F)F. The molecule has 42 heavy (non-hydrogen) atoms. The molecule has 10 nitrogen and oxygen atoms in total. The number of pyridine rings is 1. The Hall–Kier alpha value is -4.35. The fourth-order valence-corrected chi connectivity index (χ4v) is 4.01. The number of alkyl halides is 6. The van der Waals surface area contributed by atoms with Crippen molar-refractivity contribution in [2.24, 2.45) is 11.7 Å². The van der Waals surface area contributed by atoms with Gasteiger partial charge in [-0.15, -0.1) is 0 Å². The zero-order chi connectivity index (χ0) is 32.4. The molecule has 3 rings (SSSR count). The standard InChI is InChI=1S/C22H20F5N3O5.C2HF3O2/c1-9-14(11-4-5-12(23)15(24)17(11)34-3)18(35-21(9,2)22(25,26)27)20(33)30-10-6-7-29-13(8-10)16(31)19(28)32;3-2(4,5)1(6)7/h4-9,14,18H,1-3H3,(H2,28,32)(H,29,30,33);(H,6,7)/t9-,14-,18+,21+;/m0./s1. The number of carboxylic acid groups (broad SMARTS) is 1. The third kappa shape index (κ3) is 6.92. The van der Waals surface area contributed by atoms with Crippen LogP contribution in [-0.2, 0) is 19.1 Å². The highest BCUT2D eigenvalue weighted by molar-refractivity contribution is 6.41. The number of primary amides is 1. The normalized spacial score (nSPS) is 22.0. The van der Waals surface area contributed by atoms with Crippen molar-refractivity contribution in [1.29, 1.82) is 0 Å². The number of rotatable bonds is 6. The van der Waals surface area contributed by atoms with Crippen LogP contribution in [-0.4, -0.2) is 64.8 Å². The monoisotopic (exact) mass is 615 g/mol. The van der Waals surface area contributed by atoms with Gasteiger partial charge in [0.2, 0.25) is 5.82 Å². The van der Waals surface area contributed by atoms with Crippen LogP contribution in [0.5, 0.6) is 5.75 Å². The molecule has 0 saturated carbocycles. The van der Waals surface area contributed by atoms with Gasteiger partial charge in [0.25, 0.3) is 17.6 Å². The molecule has 2 amide bonds. The topological polar surface area (TPSA) is 158 Å². The van der Waals surface area contributed by atoms with Gasteiger partial charge in [0.15, 0.2) is 17.2 Å². The van der Waals surface area contributed by atoms with E-state index in [1.165, 1.54) is 13.0 Å². The molecular weight excluding hydrogens is 594 g/mol. The Kier molecular flexibility index (Phi) is 9.88. The van der Waals surface area contributed by atoms with Crippen molar-refractivity contribution in [2.45, 2.75) is 43.8 Å². The van der Waals surface area contributed by atoms with Crippen LogP contribution in [0.1, 0.15) is 35.8 Å². The molecule has 0 radical (unpaired) electrons. The number of hydrogen-bond acceptors (Lipinski definition) is 7. The summed E-state index contributed by atoms with van der Waals surface area (Å²) in [4.78, 5) is 48.5. The Morgan fingerprint density at radius 2 is 1.67 bits per heavy atom. The number of hydrogen-bond donors (Lipinski definition) is 3. The van der Waals surface area contributed by atoms with Crippen LogP contribution in [0.25, 0.3) is 0 Å². The van der Waals surface area contributed by atoms with Crippen LogP contribution >= 0.6 is 0 Å². The summed E-state index contributed by atoms with van der Waals surface area (Å²) in [6.45, 7) is 1.92. The van der Waals surface area contributed by atoms with Gasteiger partial charge in [0.1, 0.15) is 11.8 Å². The van der Waals surface area contributed by atoms with E-state index in [1.807, 2.05) is 0 Å². The van der Waals surface area contributed by atoms with E-state index in [0.717, 1.165) is 32.4 Å². The second-order valence-corrected chi connectivity index (χ2v) is 8.86. The summed E-state index contributed by atoms with van der Waals surface area (Å²) in [6, 6.07) is 3.95. The van der Waals surface area contributed by atoms with E-state index in [-0.39, 0.29) is 11.3 Å². The zero-order valence-electron chi connectivity index (χ0n) is 21.6. The van der Waals surface area contributed by atoms with Crippen LogP contribution in [0.4, 0.5) is 40.8 Å². The quantitative estimate of drug-likeness (QED) is 0.252. The molecule has 2 heterocycles. The summed E-state index contributed by atoms with van der Waals surface area (Å²) in [5.41, 5.74) is 1.39. The molecule has 1 aromatic carbocycles. The minimum atomic E-state index is -5.08. The van der Waals surface area contributed by atoms with E-state index in [2.05, 4.69) is 10.3 Å². The van der Waals surface area contributed by atoms with Crippen molar-refractivity contribution >= 4 is 29.3 Å². The highest BCUT2D eigenvalue weighted by atomic mass is 19.4. The van der Waals surface area contributed by atoms with Gasteiger partial charge in [0.05, 0.1) is 7.11 Å². The number of carboxylic acids is 1. The minimum Gasteiger partial charge on any atom is -0.493 e. The number of nitrogens with one attached hydrogen (secondary N) is 1. The number of nitrogens with two attached hydrogens (primary N) is 1. The number of anilines is 1. The van der Waals surface area contributed by atoms with E-state index in [4.69, 9.17) is 25.1 Å². The molecule has 230 valence electrons. The first kappa shape index (κ1) is 33.9. The van der Waals surface area contributed by atoms with Gasteiger partial charge in [-0.25, -0.2) is 9.18 Å². The molecule has 18 heteroatoms. The molecule has 4 atom stereocenters. The van der Waals surface area contributed by atoms with E-state index in [1.54, 1.807) is 0 Å². The van der Waals surface area contributed by atoms with E-state index in [0.29, 0.717) is 6.07 Å².